The van der Waals surface area contributed by atoms with Gasteiger partial charge >= 0.3 is 63.7 Å². The Morgan fingerprint density at radius 1 is 1.10 bits per heavy atom. The molecule has 0 saturated carbocycles. The maximum absolute atomic E-state index is 8.95. The summed E-state index contributed by atoms with van der Waals surface area (Å²) >= 11 is 5.31. The van der Waals surface area contributed by atoms with Gasteiger partial charge in [0.1, 0.15) is 0 Å². The van der Waals surface area contributed by atoms with Crippen molar-refractivity contribution in [1.29, 1.82) is 0 Å². The van der Waals surface area contributed by atoms with E-state index >= 15 is 0 Å². The quantitative estimate of drug-likeness (QED) is 0.631. The third-order valence-corrected chi connectivity index (χ3v) is 2.86. The fourth-order valence-electron chi connectivity index (χ4n) is 0.650. The molecule has 10 heavy (non-hydrogen) atoms. The van der Waals surface area contributed by atoms with Gasteiger partial charge in [-0.2, -0.15) is 0 Å². The monoisotopic (exact) mass is 178 g/mol. The third-order valence-electron chi connectivity index (χ3n) is 1.14. The molecule has 0 amide bonds. The van der Waals surface area contributed by atoms with Crippen LogP contribution in [0.25, 0.3) is 0 Å². The number of hydrogen-bond donors (Lipinski definition) is 2. The third kappa shape index (κ3) is 1.93. The molecule has 0 aliphatic carbocycles. The van der Waals surface area contributed by atoms with Gasteiger partial charge in [0.05, 0.1) is 0 Å². The first kappa shape index (κ1) is 7.96. The zero-order chi connectivity index (χ0) is 7.61. The molecule has 0 unspecified atom stereocenters. The van der Waals surface area contributed by atoms with E-state index < -0.39 is 7.07 Å². The van der Waals surface area contributed by atoms with E-state index in [-0.39, 0.29) is 0 Å². The molecule has 0 radical (unpaired) electrons. The Bertz CT molecular complexity index is 207. The SMILES string of the molecule is O[PH](O)(Cl)c1ccccc1. The minimum absolute atomic E-state index is 0.414. The van der Waals surface area contributed by atoms with Crippen LogP contribution in [0.2, 0.25) is 0 Å². The summed E-state index contributed by atoms with van der Waals surface area (Å²) in [4.78, 5) is 17.9. The number of benzene rings is 1. The van der Waals surface area contributed by atoms with Crippen molar-refractivity contribution in [2.75, 3.05) is 0 Å². The van der Waals surface area contributed by atoms with Crippen molar-refractivity contribution < 1.29 is 9.79 Å². The summed E-state index contributed by atoms with van der Waals surface area (Å²) in [5.74, 6) is 0. The zero-order valence-electron chi connectivity index (χ0n) is 5.16. The number of rotatable bonds is 1. The standard InChI is InChI=1S/C6H8ClO2P/c7-10(8,9)6-4-2-1-3-5-6/h1-5,8-10H. The zero-order valence-corrected chi connectivity index (χ0v) is 6.92. The minimum atomic E-state index is -3.56. The van der Waals surface area contributed by atoms with E-state index in [9.17, 15) is 0 Å². The molecule has 0 fully saturated rings. The van der Waals surface area contributed by atoms with Gasteiger partial charge in [-0.25, -0.2) is 0 Å². The summed E-state index contributed by atoms with van der Waals surface area (Å²) in [5, 5.41) is 0.414. The van der Waals surface area contributed by atoms with Crippen LogP contribution in [-0.4, -0.2) is 9.79 Å². The van der Waals surface area contributed by atoms with Crippen molar-refractivity contribution in [3.05, 3.63) is 30.3 Å². The summed E-state index contributed by atoms with van der Waals surface area (Å²) in [7, 11) is -3.56. The molecule has 0 spiro atoms. The summed E-state index contributed by atoms with van der Waals surface area (Å²) < 4.78 is 0. The predicted molar refractivity (Wildman–Crippen MR) is 44.7 cm³/mol. The normalized spacial score (nSPS) is 13.1. The van der Waals surface area contributed by atoms with Crippen molar-refractivity contribution in [3.8, 4) is 0 Å². The first-order chi connectivity index (χ1) is 4.61. The molecule has 0 atom stereocenters. The Balaban J connectivity index is 2.97. The van der Waals surface area contributed by atoms with E-state index in [1.165, 1.54) is 0 Å². The second-order valence-corrected chi connectivity index (χ2v) is 5.29. The molecule has 0 aromatic heterocycles. The molecule has 0 heterocycles. The van der Waals surface area contributed by atoms with E-state index in [1.54, 1.807) is 30.3 Å². The number of hydrogen-bond acceptors (Lipinski definition) is 2. The Morgan fingerprint density at radius 2 is 1.60 bits per heavy atom. The van der Waals surface area contributed by atoms with E-state index in [0.717, 1.165) is 0 Å². The second-order valence-electron chi connectivity index (χ2n) is 1.95. The van der Waals surface area contributed by atoms with Gasteiger partial charge in [-0.3, -0.25) is 0 Å². The van der Waals surface area contributed by atoms with Gasteiger partial charge in [0, 0.05) is 0 Å². The number of halogens is 1. The van der Waals surface area contributed by atoms with Crippen molar-refractivity contribution in [3.63, 3.8) is 0 Å². The molecular weight excluding hydrogens is 170 g/mol. The van der Waals surface area contributed by atoms with Crippen LogP contribution in [0.5, 0.6) is 0 Å². The van der Waals surface area contributed by atoms with Gasteiger partial charge < -0.3 is 0 Å². The molecule has 0 aliphatic rings. The predicted octanol–water partition coefficient (Wildman–Crippen LogP) is 1.03. The van der Waals surface area contributed by atoms with Crippen LogP contribution in [-0.2, 0) is 0 Å². The Labute approximate surface area is 64.4 Å². The molecule has 56 valence electrons. The summed E-state index contributed by atoms with van der Waals surface area (Å²) in [5.41, 5.74) is 0. The fraction of sp³-hybridized carbons (Fsp3) is 0. The van der Waals surface area contributed by atoms with Crippen molar-refractivity contribution in [2.45, 2.75) is 0 Å². The van der Waals surface area contributed by atoms with Crippen LogP contribution in [0.15, 0.2) is 30.3 Å². The first-order valence-corrected chi connectivity index (χ1v) is 5.70. The molecule has 0 saturated heterocycles. The first-order valence-electron chi connectivity index (χ1n) is 2.80. The average molecular weight is 179 g/mol. The van der Waals surface area contributed by atoms with Gasteiger partial charge in [0.2, 0.25) is 0 Å². The van der Waals surface area contributed by atoms with Crippen LogP contribution in [0, 0.1) is 0 Å². The Morgan fingerprint density at radius 3 is 1.90 bits per heavy atom. The van der Waals surface area contributed by atoms with E-state index in [1.807, 2.05) is 0 Å². The molecular formula is C6H8ClO2P. The van der Waals surface area contributed by atoms with Crippen molar-refractivity contribution in [2.24, 2.45) is 0 Å². The van der Waals surface area contributed by atoms with Crippen LogP contribution >= 0.6 is 18.3 Å². The second kappa shape index (κ2) is 2.85. The van der Waals surface area contributed by atoms with Crippen LogP contribution in [0.4, 0.5) is 0 Å². The van der Waals surface area contributed by atoms with Gasteiger partial charge in [-0.15, -0.1) is 0 Å². The molecule has 1 aromatic carbocycles. The molecule has 2 N–H and O–H groups in total. The van der Waals surface area contributed by atoms with Crippen LogP contribution < -0.4 is 5.30 Å². The van der Waals surface area contributed by atoms with Crippen LogP contribution in [0.1, 0.15) is 0 Å². The van der Waals surface area contributed by atoms with Gasteiger partial charge in [0.15, 0.2) is 0 Å². The van der Waals surface area contributed by atoms with E-state index in [2.05, 4.69) is 0 Å². The van der Waals surface area contributed by atoms with Gasteiger partial charge in [-0.05, 0) is 0 Å². The molecule has 0 aliphatic heterocycles. The topological polar surface area (TPSA) is 40.5 Å². The summed E-state index contributed by atoms with van der Waals surface area (Å²) in [6.45, 7) is 0. The summed E-state index contributed by atoms with van der Waals surface area (Å²) in [6, 6.07) is 8.41. The molecule has 0 bridgehead atoms. The fourth-order valence-corrected chi connectivity index (χ4v) is 1.64. The Hall–Kier alpha value is -0.140. The van der Waals surface area contributed by atoms with E-state index in [4.69, 9.17) is 21.0 Å². The molecule has 1 rings (SSSR count). The maximum atomic E-state index is 8.95. The van der Waals surface area contributed by atoms with Crippen molar-refractivity contribution in [1.82, 2.24) is 0 Å². The van der Waals surface area contributed by atoms with Gasteiger partial charge in [0.25, 0.3) is 0 Å². The molecule has 1 aromatic rings. The molecule has 2 nitrogen and oxygen atoms in total. The Kier molecular flexibility index (Phi) is 2.27. The van der Waals surface area contributed by atoms with Crippen LogP contribution in [0.3, 0.4) is 0 Å². The van der Waals surface area contributed by atoms with Crippen molar-refractivity contribution >= 4 is 23.6 Å². The van der Waals surface area contributed by atoms with Gasteiger partial charge in [-0.1, -0.05) is 0 Å². The average Bonchev–Trinajstić information content (AvgIpc) is 1.88. The molecule has 4 heteroatoms. The van der Waals surface area contributed by atoms with E-state index in [0.29, 0.717) is 5.30 Å². The summed E-state index contributed by atoms with van der Waals surface area (Å²) in [6.07, 6.45) is 0.